The van der Waals surface area contributed by atoms with Crippen molar-refractivity contribution in [3.63, 3.8) is 0 Å². The highest BCUT2D eigenvalue weighted by atomic mass is 32.2. The zero-order valence-electron chi connectivity index (χ0n) is 16.4. The Hall–Kier alpha value is -2.41. The summed E-state index contributed by atoms with van der Waals surface area (Å²) in [4.78, 5) is 50.5. The summed E-state index contributed by atoms with van der Waals surface area (Å²) in [5, 5.41) is 13.2. The number of thiophene rings is 1. The minimum absolute atomic E-state index is 0.184. The lowest BCUT2D eigenvalue weighted by atomic mass is 9.97. The largest absolute Gasteiger partial charge is 0.477 e. The molecule has 0 saturated carbocycles. The Morgan fingerprint density at radius 3 is 2.67 bits per heavy atom. The van der Waals surface area contributed by atoms with Crippen molar-refractivity contribution in [2.45, 2.75) is 24.1 Å². The number of carboxylic acids is 1. The molecule has 2 aliphatic heterocycles. The molecule has 162 valence electrons. The van der Waals surface area contributed by atoms with Gasteiger partial charge in [-0.3, -0.25) is 19.3 Å². The average molecular weight is 456 g/mol. The van der Waals surface area contributed by atoms with Gasteiger partial charge >= 0.3 is 11.9 Å². The number of hydrogen-bond acceptors (Lipinski definition) is 9. The minimum Gasteiger partial charge on any atom is -0.477 e. The second kappa shape index (κ2) is 8.76. The van der Waals surface area contributed by atoms with Crippen LogP contribution < -0.4 is 5.32 Å². The third-order valence-electron chi connectivity index (χ3n) is 4.67. The molecule has 1 fully saturated rings. The molecule has 3 atom stereocenters. The molecule has 0 unspecified atom stereocenters. The van der Waals surface area contributed by atoms with E-state index in [1.165, 1.54) is 44.2 Å². The number of aliphatic carboxylic acids is 1. The van der Waals surface area contributed by atoms with Crippen molar-refractivity contribution in [3.05, 3.63) is 33.7 Å². The van der Waals surface area contributed by atoms with Crippen molar-refractivity contribution >= 4 is 46.9 Å². The molecule has 30 heavy (non-hydrogen) atoms. The van der Waals surface area contributed by atoms with Crippen molar-refractivity contribution in [1.82, 2.24) is 10.2 Å². The number of carboxylic acid groups (broad SMARTS) is 1. The standard InChI is InChI=1S/C18H20N2O8S2/c1-9(21)28-7-10-8-30-17-18(27-3,16(25)20(17)12(10)15(23)24)19-14(22)13(26-2)11-5-4-6-29-11/h4-6,13,17H,7-8H2,1-3H3,(H,19,22)(H,23,24)/t13-,17-,18+/m1/s1. The van der Waals surface area contributed by atoms with Crippen LogP contribution in [0.5, 0.6) is 0 Å². The first kappa shape index (κ1) is 22.3. The van der Waals surface area contributed by atoms with E-state index in [0.717, 1.165) is 4.90 Å². The second-order valence-electron chi connectivity index (χ2n) is 6.44. The molecular weight excluding hydrogens is 436 g/mol. The van der Waals surface area contributed by atoms with Crippen LogP contribution in [0.3, 0.4) is 0 Å². The summed E-state index contributed by atoms with van der Waals surface area (Å²) in [5.41, 5.74) is -1.71. The maximum Gasteiger partial charge on any atom is 0.352 e. The molecule has 1 saturated heterocycles. The Balaban J connectivity index is 1.86. The highest BCUT2D eigenvalue weighted by molar-refractivity contribution is 8.00. The van der Waals surface area contributed by atoms with Gasteiger partial charge in [0.15, 0.2) is 6.10 Å². The van der Waals surface area contributed by atoms with Crippen LogP contribution in [0.25, 0.3) is 0 Å². The van der Waals surface area contributed by atoms with Gasteiger partial charge < -0.3 is 24.6 Å². The SMILES string of the molecule is CO[C@@H](C(=O)N[C@]1(OC)C(=O)N2C(C(=O)O)=C(COC(C)=O)CS[C@@H]21)c1cccs1. The van der Waals surface area contributed by atoms with Gasteiger partial charge in [0, 0.05) is 37.3 Å². The van der Waals surface area contributed by atoms with Crippen LogP contribution in [0.2, 0.25) is 0 Å². The van der Waals surface area contributed by atoms with E-state index < -0.39 is 41.0 Å². The molecule has 3 rings (SSSR count). The quantitative estimate of drug-likeness (QED) is 0.330. The zero-order valence-corrected chi connectivity index (χ0v) is 18.0. The predicted octanol–water partition coefficient (Wildman–Crippen LogP) is 0.711. The summed E-state index contributed by atoms with van der Waals surface area (Å²) in [7, 11) is 2.64. The molecule has 0 aliphatic carbocycles. The molecule has 2 aliphatic rings. The van der Waals surface area contributed by atoms with Gasteiger partial charge in [0.25, 0.3) is 17.5 Å². The van der Waals surface area contributed by atoms with Gasteiger partial charge in [-0.05, 0) is 11.4 Å². The third kappa shape index (κ3) is 3.71. The number of fused-ring (bicyclic) bond motifs is 1. The molecule has 12 heteroatoms. The first-order valence-corrected chi connectivity index (χ1v) is 10.7. The van der Waals surface area contributed by atoms with E-state index in [4.69, 9.17) is 14.2 Å². The van der Waals surface area contributed by atoms with Crippen LogP contribution in [0.4, 0.5) is 0 Å². The van der Waals surface area contributed by atoms with Crippen molar-refractivity contribution < 1.29 is 38.5 Å². The van der Waals surface area contributed by atoms with E-state index in [-0.39, 0.29) is 23.6 Å². The molecule has 0 radical (unpaired) electrons. The normalized spacial score (nSPS) is 24.0. The minimum atomic E-state index is -1.73. The monoisotopic (exact) mass is 456 g/mol. The maximum absolute atomic E-state index is 13.0. The van der Waals surface area contributed by atoms with Gasteiger partial charge in [-0.15, -0.1) is 23.1 Å². The zero-order chi connectivity index (χ0) is 22.1. The molecule has 3 heterocycles. The lowest BCUT2D eigenvalue weighted by molar-refractivity contribution is -0.194. The van der Waals surface area contributed by atoms with Crippen LogP contribution >= 0.6 is 23.1 Å². The number of nitrogens with one attached hydrogen (secondary N) is 1. The number of thioether (sulfide) groups is 1. The van der Waals surface area contributed by atoms with Gasteiger partial charge in [-0.2, -0.15) is 0 Å². The number of carbonyl (C=O) groups is 4. The predicted molar refractivity (Wildman–Crippen MR) is 106 cm³/mol. The highest BCUT2D eigenvalue weighted by Crippen LogP contribution is 2.47. The molecule has 1 aromatic heterocycles. The molecule has 0 spiro atoms. The average Bonchev–Trinajstić information content (AvgIpc) is 3.24. The van der Waals surface area contributed by atoms with E-state index in [1.807, 2.05) is 0 Å². The van der Waals surface area contributed by atoms with Crippen molar-refractivity contribution in [2.24, 2.45) is 0 Å². The van der Waals surface area contributed by atoms with E-state index in [2.05, 4.69) is 5.32 Å². The van der Waals surface area contributed by atoms with E-state index in [9.17, 15) is 24.3 Å². The number of rotatable bonds is 8. The topological polar surface area (TPSA) is 131 Å². The Bertz CT molecular complexity index is 900. The summed E-state index contributed by atoms with van der Waals surface area (Å²) in [6.07, 6.45) is -0.943. The van der Waals surface area contributed by atoms with Crippen molar-refractivity contribution in [3.8, 4) is 0 Å². The summed E-state index contributed by atoms with van der Waals surface area (Å²) in [6, 6.07) is 3.50. The van der Waals surface area contributed by atoms with Crippen LogP contribution in [0.1, 0.15) is 17.9 Å². The van der Waals surface area contributed by atoms with Gasteiger partial charge in [0.1, 0.15) is 17.7 Å². The molecule has 1 aromatic rings. The van der Waals surface area contributed by atoms with Crippen molar-refractivity contribution in [2.75, 3.05) is 26.6 Å². The number of β-lactam (4-membered cyclic amide) rings is 1. The van der Waals surface area contributed by atoms with Crippen LogP contribution in [0.15, 0.2) is 28.8 Å². The molecule has 2 amide bonds. The lowest BCUT2D eigenvalue weighted by Crippen LogP contribution is -2.81. The summed E-state index contributed by atoms with van der Waals surface area (Å²) < 4.78 is 15.6. The maximum atomic E-state index is 13.0. The fourth-order valence-electron chi connectivity index (χ4n) is 3.28. The van der Waals surface area contributed by atoms with Gasteiger partial charge in [0.2, 0.25) is 0 Å². The number of methoxy groups -OCH3 is 2. The Labute approximate surface area is 180 Å². The Morgan fingerprint density at radius 2 is 2.13 bits per heavy atom. The number of nitrogens with zero attached hydrogens (tertiary/aromatic N) is 1. The highest BCUT2D eigenvalue weighted by Gasteiger charge is 2.67. The van der Waals surface area contributed by atoms with Crippen LogP contribution in [-0.2, 0) is 33.4 Å². The molecule has 10 nitrogen and oxygen atoms in total. The first-order valence-electron chi connectivity index (χ1n) is 8.74. The van der Waals surface area contributed by atoms with E-state index >= 15 is 0 Å². The molecule has 0 bridgehead atoms. The Kier molecular flexibility index (Phi) is 6.50. The van der Waals surface area contributed by atoms with Crippen molar-refractivity contribution in [1.29, 1.82) is 0 Å². The molecule has 2 N–H and O–H groups in total. The third-order valence-corrected chi connectivity index (χ3v) is 6.96. The number of amides is 2. The number of esters is 1. The summed E-state index contributed by atoms with van der Waals surface area (Å²) in [5.74, 6) is -3.02. The number of carbonyl (C=O) groups excluding carboxylic acids is 3. The van der Waals surface area contributed by atoms with E-state index in [1.54, 1.807) is 17.5 Å². The van der Waals surface area contributed by atoms with Gasteiger partial charge in [-0.1, -0.05) is 6.07 Å². The van der Waals surface area contributed by atoms with E-state index in [0.29, 0.717) is 4.88 Å². The summed E-state index contributed by atoms with van der Waals surface area (Å²) in [6.45, 7) is 0.969. The van der Waals surface area contributed by atoms with Gasteiger partial charge in [0.05, 0.1) is 0 Å². The smallest absolute Gasteiger partial charge is 0.352 e. The fraction of sp³-hybridized carbons (Fsp3) is 0.444. The van der Waals surface area contributed by atoms with Crippen LogP contribution in [0, 0.1) is 0 Å². The summed E-state index contributed by atoms with van der Waals surface area (Å²) >= 11 is 2.53. The second-order valence-corrected chi connectivity index (χ2v) is 8.48. The first-order chi connectivity index (χ1) is 14.3. The lowest BCUT2D eigenvalue weighted by Gasteiger charge is -2.55. The fourth-order valence-corrected chi connectivity index (χ4v) is 5.50. The number of ether oxygens (including phenoxy) is 3. The number of hydrogen-bond donors (Lipinski definition) is 2. The Morgan fingerprint density at radius 1 is 1.40 bits per heavy atom. The molecule has 0 aromatic carbocycles. The van der Waals surface area contributed by atoms with Gasteiger partial charge in [-0.25, -0.2) is 4.79 Å². The van der Waals surface area contributed by atoms with Crippen LogP contribution in [-0.4, -0.2) is 71.4 Å². The molecular formula is C18H20N2O8S2.